The molecule has 1 aliphatic rings. The van der Waals surface area contributed by atoms with Crippen molar-refractivity contribution in [3.05, 3.63) is 17.5 Å². The van der Waals surface area contributed by atoms with Crippen LogP contribution in [0.15, 0.2) is 6.20 Å². The summed E-state index contributed by atoms with van der Waals surface area (Å²) in [5.41, 5.74) is 1.91. The molecule has 5 heteroatoms. The van der Waals surface area contributed by atoms with Gasteiger partial charge >= 0.3 is 5.97 Å². The Morgan fingerprint density at radius 1 is 1.61 bits per heavy atom. The van der Waals surface area contributed by atoms with Gasteiger partial charge in [-0.2, -0.15) is 5.10 Å². The number of carbonyl (C=O) groups excluding carboxylic acids is 1. The first-order valence-corrected chi connectivity index (χ1v) is 6.60. The lowest BCUT2D eigenvalue weighted by Crippen LogP contribution is -2.32. The highest BCUT2D eigenvalue weighted by molar-refractivity contribution is 5.78. The summed E-state index contributed by atoms with van der Waals surface area (Å²) >= 11 is 0. The van der Waals surface area contributed by atoms with Crippen LogP contribution in [0, 0.1) is 0 Å². The average Bonchev–Trinajstić information content (AvgIpc) is 3.08. The maximum atomic E-state index is 12.1. The molecule has 18 heavy (non-hydrogen) atoms. The maximum Gasteiger partial charge on any atom is 0.327 e. The molecule has 1 aromatic rings. The number of rotatable bonds is 6. The molecule has 5 nitrogen and oxygen atoms in total. The lowest BCUT2D eigenvalue weighted by atomic mass is 10.1. The largest absolute Gasteiger partial charge is 0.465 e. The monoisotopic (exact) mass is 251 g/mol. The quantitative estimate of drug-likeness (QED) is 0.775. The van der Waals surface area contributed by atoms with E-state index in [1.807, 2.05) is 27.1 Å². The molecule has 1 unspecified atom stereocenters. The normalized spacial score (nSPS) is 16.6. The third kappa shape index (κ3) is 2.90. The third-order valence-electron chi connectivity index (χ3n) is 3.09. The summed E-state index contributed by atoms with van der Waals surface area (Å²) in [5, 5.41) is 7.74. The molecular weight excluding hydrogens is 230 g/mol. The highest BCUT2D eigenvalue weighted by Gasteiger charge is 2.32. The van der Waals surface area contributed by atoms with Crippen LogP contribution >= 0.6 is 0 Å². The number of hydrogen-bond acceptors (Lipinski definition) is 4. The van der Waals surface area contributed by atoms with Crippen molar-refractivity contribution < 1.29 is 9.53 Å². The Bertz CT molecular complexity index is 424. The zero-order chi connectivity index (χ0) is 13.1. The van der Waals surface area contributed by atoms with E-state index in [0.29, 0.717) is 12.6 Å². The number of ether oxygens (including phenoxy) is 1. The molecule has 1 fully saturated rings. The molecule has 100 valence electrons. The molecule has 1 saturated carbocycles. The summed E-state index contributed by atoms with van der Waals surface area (Å²) < 4.78 is 6.92. The second-order valence-corrected chi connectivity index (χ2v) is 4.68. The van der Waals surface area contributed by atoms with Gasteiger partial charge in [0.25, 0.3) is 0 Å². The van der Waals surface area contributed by atoms with Gasteiger partial charge in [-0.3, -0.25) is 10.00 Å². The first-order chi connectivity index (χ1) is 8.65. The van der Waals surface area contributed by atoms with Crippen LogP contribution in [0.4, 0.5) is 0 Å². The minimum atomic E-state index is -0.374. The van der Waals surface area contributed by atoms with Crippen molar-refractivity contribution in [2.75, 3.05) is 6.61 Å². The fourth-order valence-corrected chi connectivity index (χ4v) is 2.06. The second kappa shape index (κ2) is 5.52. The van der Waals surface area contributed by atoms with Crippen LogP contribution in [0.3, 0.4) is 0 Å². The Morgan fingerprint density at radius 2 is 2.33 bits per heavy atom. The number of aryl methyl sites for hydroxylation is 2. The van der Waals surface area contributed by atoms with Crippen molar-refractivity contribution in [3.8, 4) is 0 Å². The zero-order valence-electron chi connectivity index (χ0n) is 11.3. The highest BCUT2D eigenvalue weighted by Crippen LogP contribution is 2.26. The lowest BCUT2D eigenvalue weighted by molar-refractivity contribution is -0.145. The van der Waals surface area contributed by atoms with Crippen molar-refractivity contribution >= 4 is 5.97 Å². The zero-order valence-corrected chi connectivity index (χ0v) is 11.3. The summed E-state index contributed by atoms with van der Waals surface area (Å²) in [6.07, 6.45) is 5.00. The van der Waals surface area contributed by atoms with E-state index >= 15 is 0 Å². The van der Waals surface area contributed by atoms with Gasteiger partial charge < -0.3 is 4.74 Å². The Labute approximate surface area is 108 Å². The smallest absolute Gasteiger partial charge is 0.327 e. The average molecular weight is 251 g/mol. The molecule has 2 rings (SSSR count). The van der Waals surface area contributed by atoms with Crippen molar-refractivity contribution in [1.29, 1.82) is 0 Å². The highest BCUT2D eigenvalue weighted by atomic mass is 16.5. The molecule has 0 bridgehead atoms. The number of nitrogens with one attached hydrogen (secondary N) is 1. The predicted octanol–water partition coefficient (Wildman–Crippen LogP) is 1.34. The first kappa shape index (κ1) is 13.1. The Kier molecular flexibility index (Phi) is 4.01. The molecule has 1 heterocycles. The molecule has 1 aromatic heterocycles. The number of esters is 1. The number of aromatic nitrogens is 2. The third-order valence-corrected chi connectivity index (χ3v) is 3.09. The van der Waals surface area contributed by atoms with Crippen molar-refractivity contribution in [1.82, 2.24) is 15.1 Å². The lowest BCUT2D eigenvalue weighted by Gasteiger charge is -2.16. The Balaban J connectivity index is 2.22. The summed E-state index contributed by atoms with van der Waals surface area (Å²) in [5.74, 6) is -0.202. The Hall–Kier alpha value is -1.36. The minimum absolute atomic E-state index is 0.202. The predicted molar refractivity (Wildman–Crippen MR) is 68.1 cm³/mol. The fourth-order valence-electron chi connectivity index (χ4n) is 2.06. The molecule has 0 aliphatic heterocycles. The van der Waals surface area contributed by atoms with Gasteiger partial charge in [0.2, 0.25) is 0 Å². The summed E-state index contributed by atoms with van der Waals surface area (Å²) in [6.45, 7) is 4.28. The first-order valence-electron chi connectivity index (χ1n) is 6.60. The van der Waals surface area contributed by atoms with E-state index in [2.05, 4.69) is 10.4 Å². The molecule has 0 aromatic carbocycles. The van der Waals surface area contributed by atoms with Crippen LogP contribution in [0.25, 0.3) is 0 Å². The molecular formula is C13H21N3O2. The van der Waals surface area contributed by atoms with Crippen molar-refractivity contribution in [2.24, 2.45) is 7.05 Å². The van der Waals surface area contributed by atoms with E-state index in [1.54, 1.807) is 4.68 Å². The van der Waals surface area contributed by atoms with E-state index in [9.17, 15) is 4.79 Å². The van der Waals surface area contributed by atoms with Gasteiger partial charge in [-0.05, 0) is 26.2 Å². The van der Waals surface area contributed by atoms with E-state index in [0.717, 1.165) is 30.5 Å². The van der Waals surface area contributed by atoms with E-state index < -0.39 is 0 Å². The Morgan fingerprint density at radius 3 is 2.89 bits per heavy atom. The van der Waals surface area contributed by atoms with Gasteiger partial charge in [-0.25, -0.2) is 4.79 Å². The standard InChI is InChI=1S/C13H21N3O2/c1-4-11-10(8-16(3)15-11)12(13(17)18-5-2)14-9-6-7-9/h8-9,12,14H,4-7H2,1-3H3. The molecule has 0 spiro atoms. The SMILES string of the molecule is CCOC(=O)C(NC1CC1)c1cn(C)nc1CC. The minimum Gasteiger partial charge on any atom is -0.465 e. The molecule has 0 radical (unpaired) electrons. The summed E-state index contributed by atoms with van der Waals surface area (Å²) in [7, 11) is 1.88. The fraction of sp³-hybridized carbons (Fsp3) is 0.692. The van der Waals surface area contributed by atoms with Crippen molar-refractivity contribution in [2.45, 2.75) is 45.2 Å². The van der Waals surface area contributed by atoms with Crippen molar-refractivity contribution in [3.63, 3.8) is 0 Å². The van der Waals surface area contributed by atoms with Gasteiger partial charge in [-0.1, -0.05) is 6.92 Å². The van der Waals surface area contributed by atoms with Crippen LogP contribution < -0.4 is 5.32 Å². The molecule has 0 saturated heterocycles. The second-order valence-electron chi connectivity index (χ2n) is 4.68. The van der Waals surface area contributed by atoms with E-state index in [4.69, 9.17) is 4.74 Å². The number of nitrogens with zero attached hydrogens (tertiary/aromatic N) is 2. The van der Waals surface area contributed by atoms with Gasteiger partial charge in [0.1, 0.15) is 6.04 Å². The van der Waals surface area contributed by atoms with Crippen LogP contribution in [0.5, 0.6) is 0 Å². The van der Waals surface area contributed by atoms with Crippen LogP contribution in [0.1, 0.15) is 44.0 Å². The topological polar surface area (TPSA) is 56.1 Å². The van der Waals surface area contributed by atoms with Gasteiger partial charge in [0.05, 0.1) is 12.3 Å². The van der Waals surface area contributed by atoms with Crippen LogP contribution in [-0.2, 0) is 23.0 Å². The molecule has 0 amide bonds. The summed E-state index contributed by atoms with van der Waals surface area (Å²) in [6, 6.07) is 0.0745. The maximum absolute atomic E-state index is 12.1. The molecule has 1 aliphatic carbocycles. The van der Waals surface area contributed by atoms with E-state index in [1.165, 1.54) is 0 Å². The van der Waals surface area contributed by atoms with Crippen LogP contribution in [0.2, 0.25) is 0 Å². The van der Waals surface area contributed by atoms with Crippen LogP contribution in [-0.4, -0.2) is 28.4 Å². The van der Waals surface area contributed by atoms with Gasteiger partial charge in [-0.15, -0.1) is 0 Å². The summed E-state index contributed by atoms with van der Waals surface area (Å²) in [4.78, 5) is 12.1. The molecule has 1 atom stereocenters. The van der Waals surface area contributed by atoms with E-state index in [-0.39, 0.29) is 12.0 Å². The van der Waals surface area contributed by atoms with Gasteiger partial charge in [0.15, 0.2) is 0 Å². The van der Waals surface area contributed by atoms with Gasteiger partial charge in [0, 0.05) is 24.8 Å². The number of hydrogen-bond donors (Lipinski definition) is 1. The molecule has 1 N–H and O–H groups in total. The number of carbonyl (C=O) groups is 1.